The third-order valence-corrected chi connectivity index (χ3v) is 10.9. The van der Waals surface area contributed by atoms with Crippen LogP contribution >= 0.6 is 0 Å². The number of hydrogen-bond acceptors (Lipinski definition) is 10. The monoisotopic (exact) mass is 689 g/mol. The lowest BCUT2D eigenvalue weighted by Crippen LogP contribution is -2.59. The first-order valence-corrected chi connectivity index (χ1v) is 18.6. The molecule has 1 saturated heterocycles. The molecule has 0 spiro atoms. The van der Waals surface area contributed by atoms with E-state index in [-0.39, 0.29) is 24.5 Å². The smallest absolute Gasteiger partial charge is 0.187 e. The van der Waals surface area contributed by atoms with Crippen molar-refractivity contribution in [3.05, 3.63) is 34.1 Å². The first kappa shape index (κ1) is 39.5. The van der Waals surface area contributed by atoms with Gasteiger partial charge in [-0.05, 0) is 75.3 Å². The fourth-order valence-electron chi connectivity index (χ4n) is 7.34. The van der Waals surface area contributed by atoms with Crippen LogP contribution in [0.3, 0.4) is 0 Å². The summed E-state index contributed by atoms with van der Waals surface area (Å²) >= 11 is 0. The lowest BCUT2D eigenvalue weighted by Gasteiger charge is -2.39. The normalized spacial score (nSPS) is 26.8. The molecular formula is C38H63N3O8. The van der Waals surface area contributed by atoms with Crippen LogP contribution in [0.25, 0.3) is 0 Å². The molecule has 0 bridgehead atoms. The quantitative estimate of drug-likeness (QED) is 0.136. The van der Waals surface area contributed by atoms with Gasteiger partial charge in [0.05, 0.1) is 26.0 Å². The molecule has 11 nitrogen and oxygen atoms in total. The molecule has 2 aliphatic heterocycles. The van der Waals surface area contributed by atoms with Crippen LogP contribution in [-0.4, -0.2) is 83.4 Å². The van der Waals surface area contributed by atoms with E-state index in [0.717, 1.165) is 65.5 Å². The number of rotatable bonds is 18. The molecule has 0 aliphatic carbocycles. The van der Waals surface area contributed by atoms with Gasteiger partial charge in [0.1, 0.15) is 47.2 Å². The van der Waals surface area contributed by atoms with Crippen LogP contribution in [0, 0.1) is 31.6 Å². The van der Waals surface area contributed by atoms with Crippen LogP contribution in [0.2, 0.25) is 0 Å². The summed E-state index contributed by atoms with van der Waals surface area (Å²) in [4.78, 5) is 0. The van der Waals surface area contributed by atoms with Crippen LogP contribution in [0.4, 0.5) is 0 Å². The van der Waals surface area contributed by atoms with E-state index in [1.807, 2.05) is 13.8 Å². The number of aromatic hydroxyl groups is 1. The topological polar surface area (TPSA) is 160 Å². The molecule has 1 aromatic heterocycles. The predicted molar refractivity (Wildman–Crippen MR) is 187 cm³/mol. The molecular weight excluding hydrogens is 626 g/mol. The third kappa shape index (κ3) is 10.4. The number of aromatic nitrogens is 3. The van der Waals surface area contributed by atoms with Gasteiger partial charge in [-0.25, -0.2) is 4.68 Å². The first-order valence-electron chi connectivity index (χ1n) is 18.6. The molecule has 49 heavy (non-hydrogen) atoms. The molecule has 0 saturated carbocycles. The number of nitrogens with zero attached hydrogens (tertiary/aromatic N) is 3. The maximum absolute atomic E-state index is 11.3. The van der Waals surface area contributed by atoms with Crippen LogP contribution in [0.15, 0.2) is 6.20 Å². The predicted octanol–water partition coefficient (Wildman–Crippen LogP) is 5.49. The Kier molecular flexibility index (Phi) is 14.3. The van der Waals surface area contributed by atoms with Gasteiger partial charge in [0.2, 0.25) is 0 Å². The fourth-order valence-corrected chi connectivity index (χ4v) is 7.34. The van der Waals surface area contributed by atoms with Crippen molar-refractivity contribution in [2.24, 2.45) is 17.8 Å². The zero-order valence-electron chi connectivity index (χ0n) is 30.9. The lowest BCUT2D eigenvalue weighted by atomic mass is 9.83. The number of fused-ring (bicyclic) bond motifs is 1. The van der Waals surface area contributed by atoms with E-state index in [2.05, 4.69) is 44.9 Å². The molecule has 3 heterocycles. The summed E-state index contributed by atoms with van der Waals surface area (Å²) in [5.41, 5.74) is 3.71. The average Bonchev–Trinajstić information content (AvgIpc) is 3.51. The van der Waals surface area contributed by atoms with Crippen molar-refractivity contribution < 1.29 is 39.7 Å². The average molecular weight is 690 g/mol. The molecule has 2 aromatic rings. The highest BCUT2D eigenvalue weighted by Crippen LogP contribution is 2.45. The molecule has 11 heteroatoms. The van der Waals surface area contributed by atoms with Crippen molar-refractivity contribution in [1.29, 1.82) is 0 Å². The first-order chi connectivity index (χ1) is 23.2. The van der Waals surface area contributed by atoms with Crippen molar-refractivity contribution in [2.75, 3.05) is 6.61 Å². The maximum Gasteiger partial charge on any atom is 0.187 e. The Hall–Kier alpha value is -2.28. The molecule has 1 aromatic carbocycles. The molecule has 0 unspecified atom stereocenters. The van der Waals surface area contributed by atoms with Crippen molar-refractivity contribution in [3.63, 3.8) is 0 Å². The number of aliphatic hydroxyl groups excluding tert-OH is 4. The summed E-state index contributed by atoms with van der Waals surface area (Å²) in [7, 11) is 0. The van der Waals surface area contributed by atoms with Gasteiger partial charge in [-0.3, -0.25) is 0 Å². The Morgan fingerprint density at radius 2 is 1.59 bits per heavy atom. The SMILES string of the molecule is Cc1c(C)c2c(c(Cn3cc(CO[C@H]4O[C@@H](CO)[C@H](O)[C@@H](O)[C@@H]4O)nn3)c1O)CC[C@@](C)(CCC[C@H](C)CCC[C@H](C)CCCC(C)C)O2. The van der Waals surface area contributed by atoms with Gasteiger partial charge in [0.25, 0.3) is 0 Å². The molecule has 0 radical (unpaired) electrons. The Morgan fingerprint density at radius 1 is 0.939 bits per heavy atom. The number of phenols is 1. The fraction of sp³-hybridized carbons (Fsp3) is 0.789. The standard InChI is InChI=1S/C38H63N3O8/c1-23(2)11-8-12-24(3)13-9-14-25(4)15-10-17-38(7)18-16-29-30(32(43)26(5)27(6)36(29)49-38)20-41-19-28(39-40-41)22-47-37-35(46)34(45)33(44)31(21-42)48-37/h19,23-25,31,33-35,37,42-46H,8-18,20-22H2,1-7H3/t24-,25-,31+,33+,34-,35+,37+,38-/m1/s1. The second-order valence-electron chi connectivity index (χ2n) is 15.7. The van der Waals surface area contributed by atoms with Crippen molar-refractivity contribution in [3.8, 4) is 11.5 Å². The number of ether oxygens (including phenoxy) is 3. The maximum atomic E-state index is 11.3. The van der Waals surface area contributed by atoms with E-state index in [9.17, 15) is 25.5 Å². The molecule has 4 rings (SSSR count). The summed E-state index contributed by atoms with van der Waals surface area (Å²) in [6.45, 7) is 15.2. The third-order valence-electron chi connectivity index (χ3n) is 10.9. The molecule has 8 atom stereocenters. The minimum atomic E-state index is -1.52. The largest absolute Gasteiger partial charge is 0.507 e. The van der Waals surface area contributed by atoms with Gasteiger partial charge >= 0.3 is 0 Å². The van der Waals surface area contributed by atoms with E-state index in [1.54, 1.807) is 10.9 Å². The summed E-state index contributed by atoms with van der Waals surface area (Å²) in [6.07, 6.45) is 7.88. The second kappa shape index (κ2) is 17.8. The molecule has 0 amide bonds. The van der Waals surface area contributed by atoms with Crippen molar-refractivity contribution in [1.82, 2.24) is 15.0 Å². The molecule has 5 N–H and O–H groups in total. The lowest BCUT2D eigenvalue weighted by molar-refractivity contribution is -0.304. The number of hydrogen-bond donors (Lipinski definition) is 5. The highest BCUT2D eigenvalue weighted by atomic mass is 16.7. The van der Waals surface area contributed by atoms with Crippen LogP contribution in [0.5, 0.6) is 11.5 Å². The van der Waals surface area contributed by atoms with Gasteiger partial charge < -0.3 is 39.7 Å². The van der Waals surface area contributed by atoms with Gasteiger partial charge in [-0.2, -0.15) is 0 Å². The summed E-state index contributed by atoms with van der Waals surface area (Å²) in [5, 5.41) is 59.4. The minimum Gasteiger partial charge on any atom is -0.507 e. The van der Waals surface area contributed by atoms with E-state index in [1.165, 1.54) is 44.9 Å². The Labute approximate surface area is 293 Å². The second-order valence-corrected chi connectivity index (χ2v) is 15.7. The zero-order valence-corrected chi connectivity index (χ0v) is 30.9. The number of aliphatic hydroxyl groups is 4. The highest BCUT2D eigenvalue weighted by Gasteiger charge is 2.44. The van der Waals surface area contributed by atoms with Crippen molar-refractivity contribution >= 4 is 0 Å². The van der Waals surface area contributed by atoms with E-state index < -0.39 is 37.3 Å². The zero-order chi connectivity index (χ0) is 35.9. The minimum absolute atomic E-state index is 0.0860. The summed E-state index contributed by atoms with van der Waals surface area (Å²) in [6, 6.07) is 0. The van der Waals surface area contributed by atoms with E-state index in [4.69, 9.17) is 14.2 Å². The highest BCUT2D eigenvalue weighted by molar-refractivity contribution is 5.59. The van der Waals surface area contributed by atoms with Gasteiger partial charge in [-0.1, -0.05) is 77.9 Å². The molecule has 1 fully saturated rings. The van der Waals surface area contributed by atoms with Crippen molar-refractivity contribution in [2.45, 2.75) is 169 Å². The van der Waals surface area contributed by atoms with Crippen LogP contribution < -0.4 is 4.74 Å². The molecule has 2 aliphatic rings. The summed E-state index contributed by atoms with van der Waals surface area (Å²) < 4.78 is 19.5. The van der Waals surface area contributed by atoms with Gasteiger partial charge in [0, 0.05) is 11.1 Å². The van der Waals surface area contributed by atoms with E-state index in [0.29, 0.717) is 11.6 Å². The molecule has 278 valence electrons. The van der Waals surface area contributed by atoms with Crippen LogP contribution in [0.1, 0.15) is 127 Å². The van der Waals surface area contributed by atoms with Gasteiger partial charge in [0.15, 0.2) is 6.29 Å². The van der Waals surface area contributed by atoms with E-state index >= 15 is 0 Å². The number of phenolic OH excluding ortho intramolecular Hbond substituents is 1. The Morgan fingerprint density at radius 3 is 2.24 bits per heavy atom. The summed E-state index contributed by atoms with van der Waals surface area (Å²) in [5.74, 6) is 3.44. The van der Waals surface area contributed by atoms with Crippen LogP contribution in [-0.2, 0) is 29.0 Å². The number of benzene rings is 1. The Bertz CT molecular complexity index is 1330. The Balaban J connectivity index is 1.31. The van der Waals surface area contributed by atoms with Gasteiger partial charge in [-0.15, -0.1) is 5.10 Å².